The lowest BCUT2D eigenvalue weighted by Gasteiger charge is -2.15. The Morgan fingerprint density at radius 3 is 2.44 bits per heavy atom. The second-order valence-electron chi connectivity index (χ2n) is 5.03. The molecule has 11 heteroatoms. The lowest BCUT2D eigenvalue weighted by Crippen LogP contribution is -2.51. The highest BCUT2D eigenvalue weighted by Gasteiger charge is 2.35. The van der Waals surface area contributed by atoms with Crippen molar-refractivity contribution in [2.24, 2.45) is 7.05 Å². The van der Waals surface area contributed by atoms with Crippen LogP contribution in [0.4, 0.5) is 13.2 Å². The highest BCUT2D eigenvalue weighted by atomic mass is 32.1. The van der Waals surface area contributed by atoms with E-state index in [2.05, 4.69) is 15.7 Å². The van der Waals surface area contributed by atoms with Gasteiger partial charge in [-0.2, -0.15) is 18.3 Å². The molecule has 0 aliphatic carbocycles. The van der Waals surface area contributed by atoms with E-state index in [4.69, 9.17) is 12.2 Å². The maximum Gasteiger partial charge on any atom is 0.433 e. The summed E-state index contributed by atoms with van der Waals surface area (Å²) in [5.74, 6) is -1.28. The molecule has 0 saturated carbocycles. The van der Waals surface area contributed by atoms with Gasteiger partial charge in [-0.05, 0) is 36.5 Å². The SMILES string of the molecule is Cn1nc(-c2ccc(C=C3C(=O)NC(=S)NC3=O)s2)cc1C(F)(F)F. The molecule has 1 saturated heterocycles. The molecule has 25 heavy (non-hydrogen) atoms. The molecular formula is C14H9F3N4O2S2. The zero-order chi connectivity index (χ0) is 18.4. The fourth-order valence-electron chi connectivity index (χ4n) is 2.17. The van der Waals surface area contributed by atoms with E-state index in [1.54, 1.807) is 12.1 Å². The predicted molar refractivity (Wildman–Crippen MR) is 88.4 cm³/mol. The van der Waals surface area contributed by atoms with Gasteiger partial charge in [0.15, 0.2) is 5.11 Å². The monoisotopic (exact) mass is 386 g/mol. The second kappa shape index (κ2) is 6.08. The van der Waals surface area contributed by atoms with Gasteiger partial charge in [0.05, 0.1) is 4.88 Å². The van der Waals surface area contributed by atoms with Gasteiger partial charge in [-0.15, -0.1) is 11.3 Å². The summed E-state index contributed by atoms with van der Waals surface area (Å²) in [6, 6.07) is 4.10. The van der Waals surface area contributed by atoms with Crippen molar-refractivity contribution < 1.29 is 22.8 Å². The number of halogens is 3. The number of carbonyl (C=O) groups is 2. The fraction of sp³-hybridized carbons (Fsp3) is 0.143. The van der Waals surface area contributed by atoms with E-state index in [-0.39, 0.29) is 16.4 Å². The van der Waals surface area contributed by atoms with Gasteiger partial charge in [-0.1, -0.05) is 0 Å². The Kier molecular flexibility index (Phi) is 4.21. The lowest BCUT2D eigenvalue weighted by atomic mass is 10.2. The number of carbonyl (C=O) groups excluding carboxylic acids is 2. The third-order valence-corrected chi connectivity index (χ3v) is 4.54. The minimum atomic E-state index is -4.50. The van der Waals surface area contributed by atoms with Crippen LogP contribution in [0.3, 0.4) is 0 Å². The summed E-state index contributed by atoms with van der Waals surface area (Å²) < 4.78 is 39.3. The molecule has 130 valence electrons. The number of rotatable bonds is 2. The van der Waals surface area contributed by atoms with Crippen molar-refractivity contribution in [3.8, 4) is 10.6 Å². The van der Waals surface area contributed by atoms with Crippen LogP contribution >= 0.6 is 23.6 Å². The van der Waals surface area contributed by atoms with Crippen LogP contribution in [0, 0.1) is 0 Å². The van der Waals surface area contributed by atoms with E-state index in [1.807, 2.05) is 0 Å². The predicted octanol–water partition coefficient (Wildman–Crippen LogP) is 2.08. The summed E-state index contributed by atoms with van der Waals surface area (Å²) in [5, 5.41) is 8.39. The fourth-order valence-corrected chi connectivity index (χ4v) is 3.26. The van der Waals surface area contributed by atoms with Crippen LogP contribution in [0.1, 0.15) is 10.6 Å². The molecule has 3 heterocycles. The molecule has 0 spiro atoms. The second-order valence-corrected chi connectivity index (χ2v) is 6.56. The van der Waals surface area contributed by atoms with E-state index in [0.717, 1.165) is 22.1 Å². The molecular weight excluding hydrogens is 377 g/mol. The average Bonchev–Trinajstić information content (AvgIpc) is 3.08. The van der Waals surface area contributed by atoms with Gasteiger partial charge in [0.2, 0.25) is 0 Å². The Morgan fingerprint density at radius 1 is 1.24 bits per heavy atom. The highest BCUT2D eigenvalue weighted by molar-refractivity contribution is 7.80. The third-order valence-electron chi connectivity index (χ3n) is 3.28. The lowest BCUT2D eigenvalue weighted by molar-refractivity contribution is -0.143. The van der Waals surface area contributed by atoms with Gasteiger partial charge in [-0.25, -0.2) is 0 Å². The quantitative estimate of drug-likeness (QED) is 0.471. The Morgan fingerprint density at radius 2 is 1.88 bits per heavy atom. The summed E-state index contributed by atoms with van der Waals surface area (Å²) in [7, 11) is 1.21. The third kappa shape index (κ3) is 3.46. The van der Waals surface area contributed by atoms with Crippen LogP contribution in [0.5, 0.6) is 0 Å². The number of aromatic nitrogens is 2. The number of amides is 2. The molecule has 0 radical (unpaired) electrons. The van der Waals surface area contributed by atoms with Gasteiger partial charge in [0.1, 0.15) is 17.0 Å². The zero-order valence-electron chi connectivity index (χ0n) is 12.5. The van der Waals surface area contributed by atoms with Crippen molar-refractivity contribution in [3.05, 3.63) is 34.3 Å². The minimum Gasteiger partial charge on any atom is -0.299 e. The minimum absolute atomic E-state index is 0.0767. The number of aryl methyl sites for hydroxylation is 1. The first kappa shape index (κ1) is 17.3. The van der Waals surface area contributed by atoms with Crippen LogP contribution < -0.4 is 10.6 Å². The van der Waals surface area contributed by atoms with Crippen LogP contribution in [-0.2, 0) is 22.8 Å². The standard InChI is InChI=1S/C14H9F3N4O2S2/c1-21-10(14(15,16)17)5-8(20-21)9-3-2-6(25-9)4-7-11(22)18-13(24)19-12(7)23/h2-5H,1H3,(H2,18,19,22,23,24). The largest absolute Gasteiger partial charge is 0.433 e. The molecule has 1 fully saturated rings. The first-order chi connectivity index (χ1) is 11.6. The Balaban J connectivity index is 1.91. The van der Waals surface area contributed by atoms with Gasteiger partial charge in [0.25, 0.3) is 11.8 Å². The summed E-state index contributed by atoms with van der Waals surface area (Å²) >= 11 is 5.80. The van der Waals surface area contributed by atoms with Gasteiger partial charge in [0, 0.05) is 11.9 Å². The maximum absolute atomic E-state index is 12.8. The average molecular weight is 386 g/mol. The number of nitrogens with zero attached hydrogens (tertiary/aromatic N) is 2. The number of hydrogen-bond acceptors (Lipinski definition) is 5. The summed E-state index contributed by atoms with van der Waals surface area (Å²) in [6.45, 7) is 0. The topological polar surface area (TPSA) is 76.0 Å². The van der Waals surface area contributed by atoms with Gasteiger partial charge < -0.3 is 0 Å². The van der Waals surface area contributed by atoms with E-state index in [1.165, 1.54) is 13.1 Å². The Hall–Kier alpha value is -2.53. The van der Waals surface area contributed by atoms with Crippen molar-refractivity contribution in [2.75, 3.05) is 0 Å². The molecule has 1 aliphatic heterocycles. The Labute approximate surface area is 148 Å². The number of thiocarbonyl (C=S) groups is 1. The first-order valence-corrected chi connectivity index (χ1v) is 7.97. The van der Waals surface area contributed by atoms with Crippen LogP contribution in [0.2, 0.25) is 0 Å². The van der Waals surface area contributed by atoms with E-state index < -0.39 is 23.7 Å². The molecule has 2 aromatic rings. The van der Waals surface area contributed by atoms with Crippen molar-refractivity contribution in [1.82, 2.24) is 20.4 Å². The molecule has 1 aliphatic rings. The molecule has 6 nitrogen and oxygen atoms in total. The van der Waals surface area contributed by atoms with Crippen LogP contribution in [0.15, 0.2) is 23.8 Å². The highest BCUT2D eigenvalue weighted by Crippen LogP contribution is 2.34. The molecule has 2 amide bonds. The van der Waals surface area contributed by atoms with Crippen LogP contribution in [0.25, 0.3) is 16.6 Å². The molecule has 3 rings (SSSR count). The zero-order valence-corrected chi connectivity index (χ0v) is 14.1. The normalized spacial score (nSPS) is 15.2. The van der Waals surface area contributed by atoms with Crippen molar-refractivity contribution in [1.29, 1.82) is 0 Å². The number of hydrogen-bond donors (Lipinski definition) is 2. The van der Waals surface area contributed by atoms with Crippen molar-refractivity contribution >= 4 is 46.6 Å². The van der Waals surface area contributed by atoms with Crippen LogP contribution in [-0.4, -0.2) is 26.7 Å². The molecule has 0 unspecified atom stereocenters. The first-order valence-electron chi connectivity index (χ1n) is 6.75. The maximum atomic E-state index is 12.8. The number of alkyl halides is 3. The summed E-state index contributed by atoms with van der Waals surface area (Å²) in [4.78, 5) is 24.6. The summed E-state index contributed by atoms with van der Waals surface area (Å²) in [5.41, 5.74) is -0.849. The summed E-state index contributed by atoms with van der Waals surface area (Å²) in [6.07, 6.45) is -3.16. The Bertz CT molecular complexity index is 905. The van der Waals surface area contributed by atoms with E-state index >= 15 is 0 Å². The smallest absolute Gasteiger partial charge is 0.299 e. The van der Waals surface area contributed by atoms with Gasteiger partial charge in [-0.3, -0.25) is 24.9 Å². The number of thiophene rings is 1. The molecule has 2 aromatic heterocycles. The number of nitrogens with one attached hydrogen (secondary N) is 2. The molecule has 2 N–H and O–H groups in total. The molecule has 0 aromatic carbocycles. The van der Waals surface area contributed by atoms with E-state index in [0.29, 0.717) is 9.75 Å². The van der Waals surface area contributed by atoms with Gasteiger partial charge >= 0.3 is 6.18 Å². The molecule has 0 bridgehead atoms. The van der Waals surface area contributed by atoms with Crippen molar-refractivity contribution in [2.45, 2.75) is 6.18 Å². The van der Waals surface area contributed by atoms with E-state index in [9.17, 15) is 22.8 Å². The molecule has 0 atom stereocenters. The van der Waals surface area contributed by atoms with Crippen molar-refractivity contribution in [3.63, 3.8) is 0 Å².